The molecule has 0 bridgehead atoms. The fourth-order valence-electron chi connectivity index (χ4n) is 1.96. The van der Waals surface area contributed by atoms with Crippen LogP contribution < -0.4 is 5.32 Å². The number of nitrogens with zero attached hydrogens (tertiary/aromatic N) is 1. The number of rotatable bonds is 1. The van der Waals surface area contributed by atoms with Crippen molar-refractivity contribution in [3.05, 3.63) is 34.6 Å². The van der Waals surface area contributed by atoms with Crippen molar-refractivity contribution in [2.45, 2.75) is 13.0 Å². The molecule has 5 heteroatoms. The summed E-state index contributed by atoms with van der Waals surface area (Å²) in [5.41, 5.74) is 0.363. The Morgan fingerprint density at radius 2 is 2.35 bits per heavy atom. The molecular weight excluding hydrogens is 243 g/mol. The molecule has 0 aliphatic carbocycles. The van der Waals surface area contributed by atoms with Gasteiger partial charge in [0.15, 0.2) is 0 Å². The van der Waals surface area contributed by atoms with Crippen LogP contribution in [-0.4, -0.2) is 36.5 Å². The number of hydrogen-bond acceptors (Lipinski definition) is 2. The third-order valence-electron chi connectivity index (χ3n) is 2.92. The van der Waals surface area contributed by atoms with Crippen LogP contribution in [-0.2, 0) is 0 Å². The minimum atomic E-state index is -0.431. The maximum absolute atomic E-state index is 12.9. The fraction of sp³-hybridized carbons (Fsp3) is 0.417. The van der Waals surface area contributed by atoms with E-state index >= 15 is 0 Å². The summed E-state index contributed by atoms with van der Waals surface area (Å²) in [5, 5.41) is 3.38. The van der Waals surface area contributed by atoms with Gasteiger partial charge in [-0.2, -0.15) is 0 Å². The number of nitrogens with one attached hydrogen (secondary N) is 1. The summed E-state index contributed by atoms with van der Waals surface area (Å²) in [7, 11) is 0. The molecule has 92 valence electrons. The molecule has 0 spiro atoms. The number of carbonyl (C=O) groups is 1. The van der Waals surface area contributed by atoms with Crippen molar-refractivity contribution in [2.24, 2.45) is 0 Å². The van der Waals surface area contributed by atoms with Gasteiger partial charge >= 0.3 is 0 Å². The van der Waals surface area contributed by atoms with Crippen molar-refractivity contribution in [2.75, 3.05) is 19.6 Å². The van der Waals surface area contributed by atoms with E-state index in [0.717, 1.165) is 13.1 Å². The number of benzene rings is 1. The van der Waals surface area contributed by atoms with E-state index in [1.165, 1.54) is 18.2 Å². The quantitative estimate of drug-likeness (QED) is 0.833. The van der Waals surface area contributed by atoms with Crippen molar-refractivity contribution in [3.8, 4) is 0 Å². The van der Waals surface area contributed by atoms with Crippen molar-refractivity contribution in [3.63, 3.8) is 0 Å². The van der Waals surface area contributed by atoms with Crippen LogP contribution >= 0.6 is 11.6 Å². The standard InChI is InChI=1S/C12H14ClFN2O/c1-8-7-15-4-5-16(8)12(17)10-3-2-9(14)6-11(10)13/h2-3,6,8,15H,4-5,7H2,1H3. The number of hydrogen-bond donors (Lipinski definition) is 1. The van der Waals surface area contributed by atoms with E-state index in [4.69, 9.17) is 11.6 Å². The van der Waals surface area contributed by atoms with E-state index in [2.05, 4.69) is 5.32 Å². The number of piperazine rings is 1. The van der Waals surface area contributed by atoms with E-state index < -0.39 is 5.82 Å². The first-order valence-corrected chi connectivity index (χ1v) is 5.94. The van der Waals surface area contributed by atoms with Gasteiger partial charge in [0.05, 0.1) is 10.6 Å². The molecule has 1 aliphatic rings. The van der Waals surface area contributed by atoms with Gasteiger partial charge < -0.3 is 10.2 Å². The molecule has 1 amide bonds. The number of carbonyl (C=O) groups excluding carboxylic acids is 1. The van der Waals surface area contributed by atoms with Gasteiger partial charge in [0, 0.05) is 25.7 Å². The topological polar surface area (TPSA) is 32.3 Å². The average molecular weight is 257 g/mol. The smallest absolute Gasteiger partial charge is 0.255 e. The Bertz CT molecular complexity index is 439. The highest BCUT2D eigenvalue weighted by Gasteiger charge is 2.25. The Morgan fingerprint density at radius 3 is 3.00 bits per heavy atom. The summed E-state index contributed by atoms with van der Waals surface area (Å²) in [6, 6.07) is 3.99. The monoisotopic (exact) mass is 256 g/mol. The number of amides is 1. The zero-order chi connectivity index (χ0) is 12.4. The molecule has 0 radical (unpaired) electrons. The van der Waals surface area contributed by atoms with Crippen LogP contribution in [0.25, 0.3) is 0 Å². The first kappa shape index (κ1) is 12.3. The molecule has 0 aromatic heterocycles. The van der Waals surface area contributed by atoms with Gasteiger partial charge in [-0.1, -0.05) is 11.6 Å². The summed E-state index contributed by atoms with van der Waals surface area (Å²) in [5.74, 6) is -0.566. The lowest BCUT2D eigenvalue weighted by atomic mass is 10.1. The molecule has 3 nitrogen and oxygen atoms in total. The Balaban J connectivity index is 2.24. The normalized spacial score (nSPS) is 20.4. The molecule has 17 heavy (non-hydrogen) atoms. The van der Waals surface area contributed by atoms with Gasteiger partial charge in [-0.25, -0.2) is 4.39 Å². The van der Waals surface area contributed by atoms with E-state index in [9.17, 15) is 9.18 Å². The highest BCUT2D eigenvalue weighted by atomic mass is 35.5. The van der Waals surface area contributed by atoms with Crippen molar-refractivity contribution >= 4 is 17.5 Å². The van der Waals surface area contributed by atoms with Crippen molar-refractivity contribution in [1.29, 1.82) is 0 Å². The van der Waals surface area contributed by atoms with Gasteiger partial charge in [0.2, 0.25) is 0 Å². The zero-order valence-corrected chi connectivity index (χ0v) is 10.3. The second-order valence-corrected chi connectivity index (χ2v) is 4.58. The van der Waals surface area contributed by atoms with Crippen molar-refractivity contribution < 1.29 is 9.18 Å². The molecule has 1 saturated heterocycles. The Labute approximate surface area is 105 Å². The third kappa shape index (κ3) is 2.58. The summed E-state index contributed by atoms with van der Waals surface area (Å²) in [6.45, 7) is 4.16. The predicted molar refractivity (Wildman–Crippen MR) is 64.8 cm³/mol. The lowest BCUT2D eigenvalue weighted by Gasteiger charge is -2.34. The highest BCUT2D eigenvalue weighted by Crippen LogP contribution is 2.20. The van der Waals surface area contributed by atoms with E-state index in [-0.39, 0.29) is 17.0 Å². The molecule has 2 rings (SSSR count). The summed E-state index contributed by atoms with van der Waals surface area (Å²) in [4.78, 5) is 14.0. The van der Waals surface area contributed by atoms with Crippen LogP contribution in [0.15, 0.2) is 18.2 Å². The summed E-state index contributed by atoms with van der Waals surface area (Å²) in [6.07, 6.45) is 0. The molecule has 1 unspecified atom stereocenters. The summed E-state index contributed by atoms with van der Waals surface area (Å²) < 4.78 is 12.9. The van der Waals surface area contributed by atoms with Gasteiger partial charge in [0.1, 0.15) is 5.82 Å². The van der Waals surface area contributed by atoms with Crippen LogP contribution in [0.3, 0.4) is 0 Å². The lowest BCUT2D eigenvalue weighted by Crippen LogP contribution is -2.52. The van der Waals surface area contributed by atoms with Gasteiger partial charge in [-0.15, -0.1) is 0 Å². The maximum atomic E-state index is 12.9. The molecule has 1 aromatic rings. The predicted octanol–water partition coefficient (Wildman–Crippen LogP) is 1.91. The lowest BCUT2D eigenvalue weighted by molar-refractivity contribution is 0.0656. The van der Waals surface area contributed by atoms with Gasteiger partial charge in [-0.05, 0) is 25.1 Å². The second kappa shape index (κ2) is 5.02. The average Bonchev–Trinajstić information content (AvgIpc) is 2.29. The Morgan fingerprint density at radius 1 is 1.59 bits per heavy atom. The minimum Gasteiger partial charge on any atom is -0.333 e. The first-order valence-electron chi connectivity index (χ1n) is 5.56. The largest absolute Gasteiger partial charge is 0.333 e. The molecule has 1 atom stereocenters. The zero-order valence-electron chi connectivity index (χ0n) is 9.54. The van der Waals surface area contributed by atoms with Gasteiger partial charge in [0.25, 0.3) is 5.91 Å². The fourth-order valence-corrected chi connectivity index (χ4v) is 2.21. The molecule has 1 aliphatic heterocycles. The van der Waals surface area contributed by atoms with Crippen LogP contribution in [0, 0.1) is 5.82 Å². The van der Waals surface area contributed by atoms with E-state index in [1.807, 2.05) is 6.92 Å². The molecule has 1 heterocycles. The van der Waals surface area contributed by atoms with Crippen molar-refractivity contribution in [1.82, 2.24) is 10.2 Å². The molecule has 1 aromatic carbocycles. The molecular formula is C12H14ClFN2O. The van der Waals surface area contributed by atoms with Gasteiger partial charge in [-0.3, -0.25) is 4.79 Å². The van der Waals surface area contributed by atoms with Crippen LogP contribution in [0.4, 0.5) is 4.39 Å². The molecule has 0 saturated carbocycles. The minimum absolute atomic E-state index is 0.123. The molecule has 1 fully saturated rings. The van der Waals surface area contributed by atoms with Crippen LogP contribution in [0.1, 0.15) is 17.3 Å². The third-order valence-corrected chi connectivity index (χ3v) is 3.24. The van der Waals surface area contributed by atoms with Crippen LogP contribution in [0.5, 0.6) is 0 Å². The SMILES string of the molecule is CC1CNCCN1C(=O)c1ccc(F)cc1Cl. The molecule has 1 N–H and O–H groups in total. The summed E-state index contributed by atoms with van der Waals surface area (Å²) >= 11 is 5.89. The highest BCUT2D eigenvalue weighted by molar-refractivity contribution is 6.33. The Kier molecular flexibility index (Phi) is 3.64. The van der Waals surface area contributed by atoms with E-state index in [0.29, 0.717) is 12.1 Å². The number of halogens is 2. The van der Waals surface area contributed by atoms with E-state index in [1.54, 1.807) is 4.90 Å². The van der Waals surface area contributed by atoms with Crippen LogP contribution in [0.2, 0.25) is 5.02 Å². The maximum Gasteiger partial charge on any atom is 0.255 e. The Hall–Kier alpha value is -1.13. The second-order valence-electron chi connectivity index (χ2n) is 4.18. The first-order chi connectivity index (χ1) is 8.09.